The van der Waals surface area contributed by atoms with E-state index in [1.165, 1.54) is 7.11 Å². The minimum atomic E-state index is -1.59. The van der Waals surface area contributed by atoms with Gasteiger partial charge in [-0.05, 0) is 31.9 Å². The first-order chi connectivity index (χ1) is 14.6. The number of carbonyl (C=O) groups excluding carboxylic acids is 1. The second-order valence-corrected chi connectivity index (χ2v) is 8.39. The molecule has 2 heterocycles. The molecule has 0 aromatic heterocycles. The number of aliphatic hydroxyl groups excluding tert-OH is 4. The lowest BCUT2D eigenvalue weighted by atomic mass is 9.95. The molecule has 0 aliphatic carbocycles. The third-order valence-corrected chi connectivity index (χ3v) is 5.65. The Kier molecular flexibility index (Phi) is 7.09. The summed E-state index contributed by atoms with van der Waals surface area (Å²) in [6, 6.07) is 3.42. The van der Waals surface area contributed by atoms with Crippen molar-refractivity contribution in [3.63, 3.8) is 0 Å². The number of ether oxygens (including phenoxy) is 4. The molecule has 10 heteroatoms. The van der Waals surface area contributed by atoms with Crippen molar-refractivity contribution in [2.45, 2.75) is 75.5 Å². The fraction of sp³-hybridized carbons (Fsp3) is 0.667. The zero-order valence-corrected chi connectivity index (χ0v) is 17.7. The number of rotatable bonds is 7. The maximum Gasteiger partial charge on any atom is 0.305 e. The van der Waals surface area contributed by atoms with Crippen molar-refractivity contribution in [1.82, 2.24) is 0 Å². The molecule has 31 heavy (non-hydrogen) atoms. The smallest absolute Gasteiger partial charge is 0.305 e. The highest BCUT2D eigenvalue weighted by Crippen LogP contribution is 2.42. The van der Waals surface area contributed by atoms with Gasteiger partial charge in [-0.3, -0.25) is 4.79 Å². The van der Waals surface area contributed by atoms with Crippen molar-refractivity contribution >= 4 is 5.97 Å². The summed E-state index contributed by atoms with van der Waals surface area (Å²) < 4.78 is 22.0. The van der Waals surface area contributed by atoms with Crippen molar-refractivity contribution in [3.05, 3.63) is 23.3 Å². The SMILES string of the molecule is COC(=O)CCc1ccc2c(c1O[C@@H]1O[C@H](CO)[C@@H](O)[C@H](O)[C@H]1O)C[C@@H](C(C)(C)O)O2. The number of esters is 1. The van der Waals surface area contributed by atoms with E-state index in [2.05, 4.69) is 0 Å². The van der Waals surface area contributed by atoms with Crippen LogP contribution in [0.4, 0.5) is 0 Å². The maximum atomic E-state index is 11.6. The van der Waals surface area contributed by atoms with Crippen LogP contribution in [0.15, 0.2) is 12.1 Å². The van der Waals surface area contributed by atoms with E-state index in [-0.39, 0.29) is 18.6 Å². The van der Waals surface area contributed by atoms with Crippen LogP contribution in [0.2, 0.25) is 0 Å². The quantitative estimate of drug-likeness (QED) is 0.334. The summed E-state index contributed by atoms with van der Waals surface area (Å²) in [6.45, 7) is 2.66. The number of hydrogen-bond acceptors (Lipinski definition) is 10. The van der Waals surface area contributed by atoms with Crippen LogP contribution in [-0.2, 0) is 27.1 Å². The van der Waals surface area contributed by atoms with Crippen LogP contribution in [0.5, 0.6) is 11.5 Å². The summed E-state index contributed by atoms with van der Waals surface area (Å²) in [7, 11) is 1.29. The molecule has 1 saturated heterocycles. The molecule has 1 aromatic carbocycles. The van der Waals surface area contributed by atoms with Gasteiger partial charge in [0.05, 0.1) is 19.3 Å². The van der Waals surface area contributed by atoms with Crippen LogP contribution in [0, 0.1) is 0 Å². The van der Waals surface area contributed by atoms with Crippen LogP contribution in [0.3, 0.4) is 0 Å². The molecule has 2 aliphatic heterocycles. The van der Waals surface area contributed by atoms with Gasteiger partial charge in [0.2, 0.25) is 6.29 Å². The molecule has 1 aromatic rings. The Morgan fingerprint density at radius 1 is 1.19 bits per heavy atom. The number of carbonyl (C=O) groups is 1. The molecule has 0 radical (unpaired) electrons. The minimum absolute atomic E-state index is 0.0795. The molecule has 5 N–H and O–H groups in total. The number of benzene rings is 1. The van der Waals surface area contributed by atoms with E-state index in [1.54, 1.807) is 26.0 Å². The van der Waals surface area contributed by atoms with Gasteiger partial charge in [0.15, 0.2) is 0 Å². The molecule has 3 rings (SSSR count). The highest BCUT2D eigenvalue weighted by atomic mass is 16.7. The second kappa shape index (κ2) is 9.27. The van der Waals surface area contributed by atoms with Gasteiger partial charge in [0.25, 0.3) is 0 Å². The topological polar surface area (TPSA) is 155 Å². The Morgan fingerprint density at radius 2 is 1.90 bits per heavy atom. The Morgan fingerprint density at radius 3 is 2.52 bits per heavy atom. The third kappa shape index (κ3) is 4.94. The summed E-state index contributed by atoms with van der Waals surface area (Å²) in [6.07, 6.45) is -7.10. The Balaban J connectivity index is 1.93. The third-order valence-electron chi connectivity index (χ3n) is 5.65. The van der Waals surface area contributed by atoms with Gasteiger partial charge >= 0.3 is 5.97 Å². The summed E-state index contributed by atoms with van der Waals surface area (Å²) in [5, 5.41) is 50.2. The molecule has 6 atom stereocenters. The molecule has 2 aliphatic rings. The molecule has 174 valence electrons. The average Bonchev–Trinajstić information content (AvgIpc) is 3.18. The number of aryl methyl sites for hydroxylation is 1. The van der Waals surface area contributed by atoms with E-state index in [4.69, 9.17) is 18.9 Å². The van der Waals surface area contributed by atoms with E-state index in [0.29, 0.717) is 23.3 Å². The normalized spacial score (nSPS) is 30.5. The van der Waals surface area contributed by atoms with Crippen LogP contribution in [0.1, 0.15) is 31.4 Å². The van der Waals surface area contributed by atoms with Gasteiger partial charge < -0.3 is 44.5 Å². The minimum Gasteiger partial charge on any atom is -0.487 e. The van der Waals surface area contributed by atoms with Gasteiger partial charge in [-0.1, -0.05) is 6.07 Å². The first kappa shape index (κ1) is 23.7. The molecular formula is C21H30O10. The monoisotopic (exact) mass is 442 g/mol. The molecular weight excluding hydrogens is 412 g/mol. The molecule has 0 amide bonds. The Bertz CT molecular complexity index is 787. The van der Waals surface area contributed by atoms with Gasteiger partial charge in [-0.15, -0.1) is 0 Å². The molecule has 1 fully saturated rings. The Labute approximate surface area is 179 Å². The van der Waals surface area contributed by atoms with Crippen molar-refractivity contribution < 1.29 is 49.3 Å². The van der Waals surface area contributed by atoms with Crippen LogP contribution in [-0.4, -0.2) is 87.6 Å². The fourth-order valence-electron chi connectivity index (χ4n) is 3.70. The average molecular weight is 442 g/mol. The first-order valence-corrected chi connectivity index (χ1v) is 10.1. The number of aliphatic hydroxyl groups is 5. The largest absolute Gasteiger partial charge is 0.487 e. The number of fused-ring (bicyclic) bond motifs is 1. The van der Waals surface area contributed by atoms with Gasteiger partial charge in [0, 0.05) is 18.4 Å². The highest BCUT2D eigenvalue weighted by molar-refractivity contribution is 5.70. The lowest BCUT2D eigenvalue weighted by molar-refractivity contribution is -0.277. The predicted octanol–water partition coefficient (Wildman–Crippen LogP) is -0.955. The zero-order chi connectivity index (χ0) is 22.9. The highest BCUT2D eigenvalue weighted by Gasteiger charge is 2.46. The van der Waals surface area contributed by atoms with E-state index in [9.17, 15) is 30.3 Å². The zero-order valence-electron chi connectivity index (χ0n) is 17.7. The van der Waals surface area contributed by atoms with Crippen LogP contribution in [0.25, 0.3) is 0 Å². The lowest BCUT2D eigenvalue weighted by Crippen LogP contribution is -2.60. The van der Waals surface area contributed by atoms with E-state index in [0.717, 1.165) is 0 Å². The molecule has 0 bridgehead atoms. The van der Waals surface area contributed by atoms with Crippen LogP contribution >= 0.6 is 0 Å². The summed E-state index contributed by atoms with van der Waals surface area (Å²) >= 11 is 0. The van der Waals surface area contributed by atoms with Gasteiger partial charge in [0.1, 0.15) is 42.0 Å². The van der Waals surface area contributed by atoms with Crippen LogP contribution < -0.4 is 9.47 Å². The predicted molar refractivity (Wildman–Crippen MR) is 106 cm³/mol. The van der Waals surface area contributed by atoms with Crippen molar-refractivity contribution in [1.29, 1.82) is 0 Å². The fourth-order valence-corrected chi connectivity index (χ4v) is 3.70. The maximum absolute atomic E-state index is 11.6. The Hall–Kier alpha value is -1.95. The number of methoxy groups -OCH3 is 1. The molecule has 10 nitrogen and oxygen atoms in total. The van der Waals surface area contributed by atoms with E-state index < -0.39 is 55.0 Å². The van der Waals surface area contributed by atoms with Gasteiger partial charge in [-0.2, -0.15) is 0 Å². The first-order valence-electron chi connectivity index (χ1n) is 10.1. The molecule has 0 saturated carbocycles. The second-order valence-electron chi connectivity index (χ2n) is 8.39. The van der Waals surface area contributed by atoms with E-state index in [1.807, 2.05) is 0 Å². The summed E-state index contributed by atoms with van der Waals surface area (Å²) in [4.78, 5) is 11.6. The van der Waals surface area contributed by atoms with Crippen molar-refractivity contribution in [2.24, 2.45) is 0 Å². The molecule has 0 spiro atoms. The molecule has 0 unspecified atom stereocenters. The number of hydrogen-bond donors (Lipinski definition) is 5. The van der Waals surface area contributed by atoms with Crippen molar-refractivity contribution in [3.8, 4) is 11.5 Å². The standard InChI is InChI=1S/C21H30O10/c1-21(2,27)14-8-11-12(29-14)6-4-10(5-7-15(23)28-3)19(11)31-20-18(26)17(25)16(24)13(9-22)30-20/h4,6,13-14,16-18,20,22,24-27H,5,7-9H2,1-3H3/t13-,14+,16-,17+,18-,20+/m1/s1. The van der Waals surface area contributed by atoms with Gasteiger partial charge in [-0.25, -0.2) is 0 Å². The lowest BCUT2D eigenvalue weighted by Gasteiger charge is -2.40. The summed E-state index contributed by atoms with van der Waals surface area (Å²) in [5.41, 5.74) is 0.0959. The van der Waals surface area contributed by atoms with E-state index >= 15 is 0 Å². The summed E-state index contributed by atoms with van der Waals surface area (Å²) in [5.74, 6) is 0.357. The van der Waals surface area contributed by atoms with Crippen molar-refractivity contribution in [2.75, 3.05) is 13.7 Å².